The van der Waals surface area contributed by atoms with Gasteiger partial charge in [-0.05, 0) is 62.9 Å². The average Bonchev–Trinajstić information content (AvgIpc) is 3.61. The van der Waals surface area contributed by atoms with Crippen molar-refractivity contribution in [1.82, 2.24) is 19.9 Å². The minimum atomic E-state index is -0.382. The van der Waals surface area contributed by atoms with Gasteiger partial charge in [0.1, 0.15) is 0 Å². The third-order valence-corrected chi connectivity index (χ3v) is 6.87. The molecule has 0 aliphatic heterocycles. The van der Waals surface area contributed by atoms with Crippen LogP contribution in [-0.2, 0) is 11.3 Å². The number of amides is 1. The molecule has 8 heteroatoms. The Morgan fingerprint density at radius 2 is 1.97 bits per heavy atom. The Morgan fingerprint density at radius 3 is 2.68 bits per heavy atom. The van der Waals surface area contributed by atoms with Gasteiger partial charge in [0, 0.05) is 36.4 Å². The lowest BCUT2D eigenvalue weighted by Gasteiger charge is -2.24. The monoisotopic (exact) mass is 499 g/mol. The van der Waals surface area contributed by atoms with Crippen LogP contribution in [-0.4, -0.2) is 50.9 Å². The smallest absolute Gasteiger partial charge is 0.251 e. The van der Waals surface area contributed by atoms with E-state index in [2.05, 4.69) is 10.6 Å². The Morgan fingerprint density at radius 1 is 1.19 bits per heavy atom. The van der Waals surface area contributed by atoms with Crippen LogP contribution in [0.2, 0.25) is 0 Å². The summed E-state index contributed by atoms with van der Waals surface area (Å²) in [6.45, 7) is 6.46. The van der Waals surface area contributed by atoms with Crippen LogP contribution in [0.3, 0.4) is 0 Å². The third kappa shape index (κ3) is 5.21. The maximum absolute atomic E-state index is 12.6. The number of hydrogen-bond acceptors (Lipinski definition) is 6. The number of aliphatic hydroxyl groups is 1. The number of aryl methyl sites for hydroxylation is 1. The fourth-order valence-corrected chi connectivity index (χ4v) is 4.28. The maximum Gasteiger partial charge on any atom is 0.251 e. The number of rotatable bonds is 9. The molecule has 1 aliphatic carbocycles. The van der Waals surface area contributed by atoms with Gasteiger partial charge in [-0.15, -0.1) is 0 Å². The minimum Gasteiger partial charge on any atom is -0.392 e. The summed E-state index contributed by atoms with van der Waals surface area (Å²) in [4.78, 5) is 17.3. The number of imidazole rings is 1. The van der Waals surface area contributed by atoms with Gasteiger partial charge < -0.3 is 20.5 Å². The van der Waals surface area contributed by atoms with Crippen molar-refractivity contribution in [2.75, 3.05) is 19.0 Å². The summed E-state index contributed by atoms with van der Waals surface area (Å²) in [5.41, 5.74) is 6.77. The number of carbonyl (C=O) groups is 1. The van der Waals surface area contributed by atoms with Gasteiger partial charge in [-0.1, -0.05) is 30.3 Å². The van der Waals surface area contributed by atoms with E-state index in [9.17, 15) is 9.90 Å². The van der Waals surface area contributed by atoms with Gasteiger partial charge in [-0.3, -0.25) is 4.79 Å². The van der Waals surface area contributed by atoms with Crippen molar-refractivity contribution in [2.24, 2.45) is 0 Å². The molecule has 0 radical (unpaired) electrons. The third-order valence-electron chi connectivity index (χ3n) is 6.87. The molecule has 3 N–H and O–H groups in total. The zero-order chi connectivity index (χ0) is 26.2. The second-order valence-corrected chi connectivity index (χ2v) is 10.2. The Bertz CT molecular complexity index is 1460. The fourth-order valence-electron chi connectivity index (χ4n) is 4.28. The number of hydrogen-bond donors (Lipinski definition) is 3. The average molecular weight is 500 g/mol. The largest absolute Gasteiger partial charge is 0.392 e. The Balaban J connectivity index is 1.60. The predicted octanol–water partition coefficient (Wildman–Crippen LogP) is 4.59. The SMILES string of the molecule is COC(C)(C)CNc1cc(-c2ccccc2CO)nn2c(-c3ccc(C(=O)NC4CC4)c(C)c3)cnc12. The molecular weight excluding hydrogens is 466 g/mol. The van der Waals surface area contributed by atoms with Crippen LogP contribution in [0.4, 0.5) is 5.69 Å². The van der Waals surface area contributed by atoms with Crippen molar-refractivity contribution >= 4 is 17.2 Å². The van der Waals surface area contributed by atoms with Crippen LogP contribution in [0.15, 0.2) is 54.7 Å². The van der Waals surface area contributed by atoms with Gasteiger partial charge in [0.2, 0.25) is 0 Å². The summed E-state index contributed by atoms with van der Waals surface area (Å²) < 4.78 is 7.42. The molecule has 1 saturated carbocycles. The molecule has 8 nitrogen and oxygen atoms in total. The summed E-state index contributed by atoms with van der Waals surface area (Å²) in [5, 5.41) is 21.4. The number of benzene rings is 2. The molecule has 0 atom stereocenters. The molecule has 5 rings (SSSR count). The first-order valence-corrected chi connectivity index (χ1v) is 12.6. The van der Waals surface area contributed by atoms with Crippen LogP contribution in [0, 0.1) is 6.92 Å². The topological polar surface area (TPSA) is 101 Å². The van der Waals surface area contributed by atoms with E-state index >= 15 is 0 Å². The molecule has 1 aliphatic rings. The van der Waals surface area contributed by atoms with Gasteiger partial charge in [-0.25, -0.2) is 9.50 Å². The molecule has 1 amide bonds. The fraction of sp³-hybridized carbons (Fsp3) is 0.345. The van der Waals surface area contributed by atoms with E-state index < -0.39 is 0 Å². The number of aliphatic hydroxyl groups excluding tert-OH is 1. The zero-order valence-electron chi connectivity index (χ0n) is 21.7. The lowest BCUT2D eigenvalue weighted by molar-refractivity contribution is 0.0344. The predicted molar refractivity (Wildman–Crippen MR) is 145 cm³/mol. The Hall–Kier alpha value is -3.75. The number of ether oxygens (including phenoxy) is 1. The van der Waals surface area contributed by atoms with E-state index in [-0.39, 0.29) is 18.1 Å². The van der Waals surface area contributed by atoms with E-state index in [1.807, 2.05) is 73.8 Å². The molecule has 0 saturated heterocycles. The number of anilines is 1. The van der Waals surface area contributed by atoms with Crippen molar-refractivity contribution < 1.29 is 14.6 Å². The standard InChI is InChI=1S/C29H33N5O3/c1-18-13-19(9-12-22(18)28(36)32-21-10-11-21)26-15-30-27-25(31-17-29(2,3)37-4)14-24(33-34(26)27)23-8-6-5-7-20(23)16-35/h5-9,12-15,21,31,35H,10-11,16-17H2,1-4H3,(H,32,36). The zero-order valence-corrected chi connectivity index (χ0v) is 21.7. The summed E-state index contributed by atoms with van der Waals surface area (Å²) in [7, 11) is 1.69. The lowest BCUT2D eigenvalue weighted by Crippen LogP contribution is -2.32. The molecule has 4 aromatic rings. The van der Waals surface area contributed by atoms with Crippen molar-refractivity contribution in [1.29, 1.82) is 0 Å². The second-order valence-electron chi connectivity index (χ2n) is 10.2. The number of aromatic nitrogens is 3. The van der Waals surface area contributed by atoms with Crippen LogP contribution in [0.5, 0.6) is 0 Å². The highest BCUT2D eigenvalue weighted by atomic mass is 16.5. The highest BCUT2D eigenvalue weighted by Crippen LogP contribution is 2.31. The molecule has 1 fully saturated rings. The molecule has 0 spiro atoms. The van der Waals surface area contributed by atoms with Crippen molar-refractivity contribution in [3.05, 3.63) is 71.4 Å². The summed E-state index contributed by atoms with van der Waals surface area (Å²) in [6, 6.07) is 15.8. The minimum absolute atomic E-state index is 0.0297. The number of methoxy groups -OCH3 is 1. The van der Waals surface area contributed by atoms with Gasteiger partial charge in [0.25, 0.3) is 5.91 Å². The van der Waals surface area contributed by atoms with Gasteiger partial charge >= 0.3 is 0 Å². The van der Waals surface area contributed by atoms with Crippen LogP contribution in [0.1, 0.15) is 48.2 Å². The summed E-state index contributed by atoms with van der Waals surface area (Å²) in [6.07, 6.45) is 3.90. The number of nitrogens with zero attached hydrogens (tertiary/aromatic N) is 3. The number of carbonyl (C=O) groups excluding carboxylic acids is 1. The van der Waals surface area contributed by atoms with Crippen LogP contribution < -0.4 is 10.6 Å². The van der Waals surface area contributed by atoms with E-state index in [0.29, 0.717) is 29.5 Å². The molecular formula is C29H33N5O3. The first-order valence-electron chi connectivity index (χ1n) is 12.6. The van der Waals surface area contributed by atoms with E-state index in [1.165, 1.54) is 0 Å². The normalized spacial score (nSPS) is 13.6. The molecule has 0 unspecified atom stereocenters. The molecule has 0 bridgehead atoms. The molecule has 2 aromatic carbocycles. The molecule has 2 heterocycles. The van der Waals surface area contributed by atoms with Crippen LogP contribution >= 0.6 is 0 Å². The van der Waals surface area contributed by atoms with E-state index in [4.69, 9.17) is 14.8 Å². The Labute approximate surface area is 216 Å². The van der Waals surface area contributed by atoms with E-state index in [0.717, 1.165) is 46.5 Å². The first-order chi connectivity index (χ1) is 17.8. The molecule has 192 valence electrons. The highest BCUT2D eigenvalue weighted by Gasteiger charge is 2.25. The second kappa shape index (κ2) is 9.95. The first kappa shape index (κ1) is 24.9. The summed E-state index contributed by atoms with van der Waals surface area (Å²) in [5.74, 6) is -0.0297. The van der Waals surface area contributed by atoms with Crippen LogP contribution in [0.25, 0.3) is 28.2 Å². The number of nitrogens with one attached hydrogen (secondary N) is 2. The van der Waals surface area contributed by atoms with Crippen molar-refractivity contribution in [2.45, 2.75) is 51.9 Å². The number of fused-ring (bicyclic) bond motifs is 1. The van der Waals surface area contributed by atoms with Gasteiger partial charge in [0.05, 0.1) is 35.5 Å². The lowest BCUT2D eigenvalue weighted by atomic mass is 10.0. The molecule has 37 heavy (non-hydrogen) atoms. The van der Waals surface area contributed by atoms with Crippen molar-refractivity contribution in [3.63, 3.8) is 0 Å². The summed E-state index contributed by atoms with van der Waals surface area (Å²) >= 11 is 0. The van der Waals surface area contributed by atoms with Crippen molar-refractivity contribution in [3.8, 4) is 22.5 Å². The van der Waals surface area contributed by atoms with Gasteiger partial charge in [0.15, 0.2) is 5.65 Å². The Kier molecular flexibility index (Phi) is 6.70. The maximum atomic E-state index is 12.6. The van der Waals surface area contributed by atoms with Gasteiger partial charge in [-0.2, -0.15) is 5.10 Å². The molecule has 2 aromatic heterocycles. The highest BCUT2D eigenvalue weighted by molar-refractivity contribution is 5.96. The van der Waals surface area contributed by atoms with E-state index in [1.54, 1.807) is 13.3 Å². The quantitative estimate of drug-likeness (QED) is 0.311.